The van der Waals surface area contributed by atoms with Crippen molar-refractivity contribution in [2.75, 3.05) is 19.8 Å². The highest BCUT2D eigenvalue weighted by atomic mass is 16.5. The smallest absolute Gasteiger partial charge is 0.0437 e. The molecule has 1 unspecified atom stereocenters. The minimum Gasteiger partial charge on any atom is -0.396 e. The maximum absolute atomic E-state index is 9.47. The summed E-state index contributed by atoms with van der Waals surface area (Å²) >= 11 is 0. The quantitative estimate of drug-likeness (QED) is 0.349. The van der Waals surface area contributed by atoms with Crippen LogP contribution in [0.5, 0.6) is 0 Å². The minimum atomic E-state index is 0.364. The first kappa shape index (κ1) is 29.5. The van der Waals surface area contributed by atoms with Gasteiger partial charge in [0, 0.05) is 19.8 Å². The van der Waals surface area contributed by atoms with Gasteiger partial charge in [-0.1, -0.05) is 53.9 Å². The second-order valence-corrected chi connectivity index (χ2v) is 14.0. The fourth-order valence-corrected chi connectivity index (χ4v) is 10.1. The van der Waals surface area contributed by atoms with Crippen molar-refractivity contribution in [1.29, 1.82) is 0 Å². The summed E-state index contributed by atoms with van der Waals surface area (Å²) in [7, 11) is 0. The van der Waals surface area contributed by atoms with Crippen molar-refractivity contribution in [3.8, 4) is 0 Å². The highest BCUT2D eigenvalue weighted by Crippen LogP contribution is 2.68. The maximum atomic E-state index is 9.47. The molecular weight excluding hydrogens is 428 g/mol. The molecular formula is C33H62O2. The van der Waals surface area contributed by atoms with E-state index in [0.29, 0.717) is 29.3 Å². The summed E-state index contributed by atoms with van der Waals surface area (Å²) in [6, 6.07) is 0. The van der Waals surface area contributed by atoms with Crippen LogP contribution in [0, 0.1) is 58.2 Å². The van der Waals surface area contributed by atoms with Gasteiger partial charge in [-0.3, -0.25) is 0 Å². The molecule has 0 aliphatic heterocycles. The van der Waals surface area contributed by atoms with E-state index >= 15 is 0 Å². The van der Waals surface area contributed by atoms with Crippen LogP contribution >= 0.6 is 0 Å². The Labute approximate surface area is 219 Å². The van der Waals surface area contributed by atoms with E-state index < -0.39 is 0 Å². The molecule has 0 aromatic heterocycles. The Morgan fingerprint density at radius 2 is 1.49 bits per heavy atom. The Hall–Kier alpha value is -0.0800. The third-order valence-corrected chi connectivity index (χ3v) is 12.2. The molecule has 9 atom stereocenters. The van der Waals surface area contributed by atoms with Gasteiger partial charge in [-0.15, -0.1) is 0 Å². The number of hydrogen-bond acceptors (Lipinski definition) is 2. The number of rotatable bonds is 9. The number of ether oxygens (including phenoxy) is 1. The van der Waals surface area contributed by atoms with Gasteiger partial charge >= 0.3 is 0 Å². The van der Waals surface area contributed by atoms with E-state index in [0.717, 1.165) is 55.1 Å². The zero-order valence-electron chi connectivity index (χ0n) is 24.8. The molecule has 4 saturated carbocycles. The largest absolute Gasteiger partial charge is 0.396 e. The van der Waals surface area contributed by atoms with E-state index in [4.69, 9.17) is 4.74 Å². The van der Waals surface area contributed by atoms with Crippen molar-refractivity contribution in [1.82, 2.24) is 0 Å². The van der Waals surface area contributed by atoms with E-state index in [1.165, 1.54) is 64.2 Å². The summed E-state index contributed by atoms with van der Waals surface area (Å²) in [5, 5.41) is 9.47. The fourth-order valence-electron chi connectivity index (χ4n) is 10.1. The zero-order valence-corrected chi connectivity index (χ0v) is 24.8. The van der Waals surface area contributed by atoms with Gasteiger partial charge in [0.05, 0.1) is 0 Å². The molecule has 0 aromatic rings. The molecule has 4 aliphatic carbocycles. The molecule has 1 N–H and O–H groups in total. The summed E-state index contributed by atoms with van der Waals surface area (Å²) in [5.74, 6) is 7.36. The van der Waals surface area contributed by atoms with Crippen molar-refractivity contribution < 1.29 is 9.84 Å². The maximum Gasteiger partial charge on any atom is 0.0437 e. The van der Waals surface area contributed by atoms with Gasteiger partial charge in [-0.2, -0.15) is 0 Å². The molecule has 0 aromatic carbocycles. The molecule has 4 aliphatic rings. The number of aliphatic hydroxyl groups is 1. The predicted molar refractivity (Wildman–Crippen MR) is 150 cm³/mol. The third-order valence-electron chi connectivity index (χ3n) is 12.2. The van der Waals surface area contributed by atoms with Gasteiger partial charge in [-0.05, 0) is 136 Å². The lowest BCUT2D eigenvalue weighted by molar-refractivity contribution is -0.114. The third kappa shape index (κ3) is 6.32. The molecule has 4 rings (SSSR count). The van der Waals surface area contributed by atoms with Crippen LogP contribution in [0.2, 0.25) is 0 Å². The summed E-state index contributed by atoms with van der Waals surface area (Å²) in [4.78, 5) is 0. The van der Waals surface area contributed by atoms with Crippen molar-refractivity contribution in [3.05, 3.63) is 0 Å². The topological polar surface area (TPSA) is 29.5 Å². The first-order valence-electron chi connectivity index (χ1n) is 15.9. The standard InChI is InChI=1S/C29H52O.C4H10O/c1-20(2)22(16-19-30)10-9-21(3)25-13-14-26-24-12-11-23-8-6-7-17-28(23,4)27(24)15-18-29(25,26)5;1-3-5-4-2/h20-27,30H,6-19H2,1-5H3;3-4H2,1-2H3/t21-,22+,23?,24+,25-,26+,27+,28+,29-;/m1./s1. The van der Waals surface area contributed by atoms with Crippen LogP contribution in [0.1, 0.15) is 132 Å². The normalized spacial score (nSPS) is 40.2. The van der Waals surface area contributed by atoms with Crippen LogP contribution in [-0.4, -0.2) is 24.9 Å². The predicted octanol–water partition coefficient (Wildman–Crippen LogP) is 9.15. The van der Waals surface area contributed by atoms with E-state index in [2.05, 4.69) is 34.6 Å². The number of aliphatic hydroxyl groups excluding tert-OH is 1. The summed E-state index contributed by atoms with van der Waals surface area (Å²) in [6.07, 6.45) is 18.9. The van der Waals surface area contributed by atoms with Gasteiger partial charge in [-0.25, -0.2) is 0 Å². The summed E-state index contributed by atoms with van der Waals surface area (Å²) in [6.45, 7) is 18.8. The zero-order chi connectivity index (χ0) is 25.6. The highest BCUT2D eigenvalue weighted by Gasteiger charge is 2.60. The van der Waals surface area contributed by atoms with E-state index in [1.54, 1.807) is 12.8 Å². The van der Waals surface area contributed by atoms with Crippen LogP contribution < -0.4 is 0 Å². The van der Waals surface area contributed by atoms with Gasteiger partial charge in [0.15, 0.2) is 0 Å². The van der Waals surface area contributed by atoms with Crippen molar-refractivity contribution >= 4 is 0 Å². The fraction of sp³-hybridized carbons (Fsp3) is 1.00. The SMILES string of the molecule is CC(C)[C@H](CCO)CC[C@@H](C)[C@H]1CC[C@H]2[C@@H]3CCC4CCCC[C@]4(C)[C@H]3CC[C@]12C.CCOCC. The molecule has 0 spiro atoms. The van der Waals surface area contributed by atoms with Crippen LogP contribution in [0.3, 0.4) is 0 Å². The monoisotopic (exact) mass is 490 g/mol. The Morgan fingerprint density at radius 1 is 0.771 bits per heavy atom. The summed E-state index contributed by atoms with van der Waals surface area (Å²) in [5.41, 5.74) is 1.30. The van der Waals surface area contributed by atoms with Crippen molar-refractivity contribution in [2.24, 2.45) is 58.2 Å². The van der Waals surface area contributed by atoms with Gasteiger partial charge in [0.25, 0.3) is 0 Å². The molecule has 2 heteroatoms. The second kappa shape index (κ2) is 13.1. The molecule has 0 bridgehead atoms. The molecule has 0 radical (unpaired) electrons. The molecule has 0 heterocycles. The Balaban J connectivity index is 0.000000623. The molecule has 0 saturated heterocycles. The van der Waals surface area contributed by atoms with Crippen LogP contribution in [0.15, 0.2) is 0 Å². The Morgan fingerprint density at radius 3 is 2.11 bits per heavy atom. The van der Waals surface area contributed by atoms with Crippen LogP contribution in [0.25, 0.3) is 0 Å². The van der Waals surface area contributed by atoms with E-state index in [1.807, 2.05) is 13.8 Å². The van der Waals surface area contributed by atoms with E-state index in [-0.39, 0.29) is 0 Å². The first-order chi connectivity index (χ1) is 16.7. The Kier molecular flexibility index (Phi) is 11.1. The van der Waals surface area contributed by atoms with Crippen LogP contribution in [-0.2, 0) is 4.74 Å². The average Bonchev–Trinajstić information content (AvgIpc) is 3.19. The van der Waals surface area contributed by atoms with Gasteiger partial charge in [0.2, 0.25) is 0 Å². The number of hydrogen-bond donors (Lipinski definition) is 1. The van der Waals surface area contributed by atoms with E-state index in [9.17, 15) is 5.11 Å². The first-order valence-corrected chi connectivity index (χ1v) is 15.9. The minimum absolute atomic E-state index is 0.364. The highest BCUT2D eigenvalue weighted by molar-refractivity contribution is 5.09. The lowest BCUT2D eigenvalue weighted by Gasteiger charge is -2.61. The molecule has 4 fully saturated rings. The molecule has 2 nitrogen and oxygen atoms in total. The molecule has 35 heavy (non-hydrogen) atoms. The van der Waals surface area contributed by atoms with Crippen molar-refractivity contribution in [3.63, 3.8) is 0 Å². The molecule has 0 amide bonds. The number of fused-ring (bicyclic) bond motifs is 5. The van der Waals surface area contributed by atoms with Crippen LogP contribution in [0.4, 0.5) is 0 Å². The van der Waals surface area contributed by atoms with Gasteiger partial charge in [0.1, 0.15) is 0 Å². The molecule has 206 valence electrons. The summed E-state index contributed by atoms with van der Waals surface area (Å²) < 4.78 is 4.83. The van der Waals surface area contributed by atoms with Crippen molar-refractivity contribution in [2.45, 2.75) is 132 Å². The average molecular weight is 491 g/mol. The van der Waals surface area contributed by atoms with Gasteiger partial charge < -0.3 is 9.84 Å². The lowest BCUT2D eigenvalue weighted by Crippen LogP contribution is -2.53. The lowest BCUT2D eigenvalue weighted by atomic mass is 9.44. The second-order valence-electron chi connectivity index (χ2n) is 14.0. The Bertz CT molecular complexity index is 614.